The Bertz CT molecular complexity index is 552. The van der Waals surface area contributed by atoms with Gasteiger partial charge in [0.1, 0.15) is 12.7 Å². The van der Waals surface area contributed by atoms with Gasteiger partial charge in [0.15, 0.2) is 0 Å². The Balaban J connectivity index is 1.95. The summed E-state index contributed by atoms with van der Waals surface area (Å²) in [6, 6.07) is 6.86. The lowest BCUT2D eigenvalue weighted by atomic mass is 10.3. The van der Waals surface area contributed by atoms with Crippen LogP contribution in [0, 0.1) is 0 Å². The maximum absolute atomic E-state index is 11.5. The first-order valence-corrected chi connectivity index (χ1v) is 5.67. The zero-order valence-electron chi connectivity index (χ0n) is 9.00. The van der Waals surface area contributed by atoms with Gasteiger partial charge < -0.3 is 5.32 Å². The predicted octanol–water partition coefficient (Wildman–Crippen LogP) is 0.749. The highest BCUT2D eigenvalue weighted by molar-refractivity contribution is 9.10. The van der Waals surface area contributed by atoms with Crippen LogP contribution in [0.3, 0.4) is 0 Å². The van der Waals surface area contributed by atoms with Crippen LogP contribution in [0.25, 0.3) is 0 Å². The van der Waals surface area contributed by atoms with E-state index in [2.05, 4.69) is 36.9 Å². The average molecular weight is 310 g/mol. The largest absolute Gasteiger partial charge is 0.328 e. The molecule has 8 heteroatoms. The summed E-state index contributed by atoms with van der Waals surface area (Å²) in [7, 11) is 0. The number of nitrogens with one attached hydrogen (secondary N) is 2. The van der Waals surface area contributed by atoms with E-state index in [0.29, 0.717) is 5.69 Å². The number of halogens is 1. The van der Waals surface area contributed by atoms with Gasteiger partial charge in [-0.25, -0.2) is 4.68 Å². The lowest BCUT2D eigenvalue weighted by Crippen LogP contribution is -2.33. The second-order valence-corrected chi connectivity index (χ2v) is 4.19. The van der Waals surface area contributed by atoms with E-state index in [9.17, 15) is 9.59 Å². The molecular formula is C10H8BrN5O2. The lowest BCUT2D eigenvalue weighted by molar-refractivity contribution is -0.133. The molecule has 1 aromatic heterocycles. The van der Waals surface area contributed by atoms with Crippen molar-refractivity contribution in [1.29, 1.82) is 0 Å². The van der Waals surface area contributed by atoms with Crippen molar-refractivity contribution in [3.8, 4) is 0 Å². The number of anilines is 1. The Kier molecular flexibility index (Phi) is 3.68. The van der Waals surface area contributed by atoms with Gasteiger partial charge in [0.2, 0.25) is 0 Å². The third-order valence-electron chi connectivity index (χ3n) is 1.96. The van der Waals surface area contributed by atoms with Gasteiger partial charge in [0.05, 0.1) is 0 Å². The molecule has 1 heterocycles. The Morgan fingerprint density at radius 2 is 1.67 bits per heavy atom. The summed E-state index contributed by atoms with van der Waals surface area (Å²) in [5, 5.41) is 9.43. The summed E-state index contributed by atoms with van der Waals surface area (Å²) in [4.78, 5) is 23.0. The number of nitrogens with zero attached hydrogens (tertiary/aromatic N) is 3. The van der Waals surface area contributed by atoms with Crippen molar-refractivity contribution in [3.05, 3.63) is 41.4 Å². The molecule has 0 unspecified atom stereocenters. The molecule has 0 aliphatic rings. The highest BCUT2D eigenvalue weighted by atomic mass is 79.9. The number of hydrogen-bond acceptors (Lipinski definition) is 4. The number of rotatable bonds is 2. The summed E-state index contributed by atoms with van der Waals surface area (Å²) >= 11 is 3.27. The fourth-order valence-electron chi connectivity index (χ4n) is 1.15. The third-order valence-corrected chi connectivity index (χ3v) is 2.49. The first kappa shape index (κ1) is 12.2. The van der Waals surface area contributed by atoms with E-state index < -0.39 is 11.8 Å². The van der Waals surface area contributed by atoms with Crippen molar-refractivity contribution >= 4 is 33.4 Å². The molecule has 2 N–H and O–H groups in total. The van der Waals surface area contributed by atoms with Gasteiger partial charge in [-0.3, -0.25) is 15.0 Å². The summed E-state index contributed by atoms with van der Waals surface area (Å²) in [6.45, 7) is 0. The molecule has 0 spiro atoms. The summed E-state index contributed by atoms with van der Waals surface area (Å²) in [5.41, 5.74) is 2.81. The fourth-order valence-corrected chi connectivity index (χ4v) is 1.41. The van der Waals surface area contributed by atoms with Gasteiger partial charge >= 0.3 is 11.8 Å². The molecule has 0 saturated carbocycles. The van der Waals surface area contributed by atoms with Crippen molar-refractivity contribution in [1.82, 2.24) is 14.9 Å². The molecule has 0 fully saturated rings. The Hall–Kier alpha value is -2.22. The van der Waals surface area contributed by atoms with Crippen molar-refractivity contribution in [3.63, 3.8) is 0 Å². The lowest BCUT2D eigenvalue weighted by Gasteiger charge is -2.06. The van der Waals surface area contributed by atoms with E-state index in [-0.39, 0.29) is 0 Å². The van der Waals surface area contributed by atoms with E-state index in [1.165, 1.54) is 17.3 Å². The van der Waals surface area contributed by atoms with Crippen molar-refractivity contribution < 1.29 is 9.59 Å². The first-order chi connectivity index (χ1) is 8.65. The van der Waals surface area contributed by atoms with E-state index in [4.69, 9.17) is 0 Å². The molecule has 2 amide bonds. The average Bonchev–Trinajstić information content (AvgIpc) is 2.85. The standard InChI is InChI=1S/C10H8BrN5O2/c11-7-1-3-8(4-2-7)14-9(17)10(18)15-16-5-12-13-6-16/h1-6H,(H,14,17)(H,15,18). The normalized spacial score (nSPS) is 9.83. The summed E-state index contributed by atoms with van der Waals surface area (Å²) < 4.78 is 2.07. The third kappa shape index (κ3) is 3.14. The van der Waals surface area contributed by atoms with E-state index in [1.807, 2.05) is 0 Å². The van der Waals surface area contributed by atoms with Crippen LogP contribution < -0.4 is 10.7 Å². The second kappa shape index (κ2) is 5.41. The maximum atomic E-state index is 11.5. The van der Waals surface area contributed by atoms with Gasteiger partial charge in [-0.2, -0.15) is 0 Å². The molecule has 2 aromatic rings. The monoisotopic (exact) mass is 309 g/mol. The summed E-state index contributed by atoms with van der Waals surface area (Å²) in [6.07, 6.45) is 2.54. The van der Waals surface area contributed by atoms with Crippen LogP contribution in [0.5, 0.6) is 0 Å². The van der Waals surface area contributed by atoms with Crippen LogP contribution in [0.15, 0.2) is 41.4 Å². The summed E-state index contributed by atoms with van der Waals surface area (Å²) in [5.74, 6) is -1.58. The number of benzene rings is 1. The molecule has 0 saturated heterocycles. The molecule has 2 rings (SSSR count). The van der Waals surface area contributed by atoms with E-state index in [0.717, 1.165) is 4.47 Å². The Morgan fingerprint density at radius 1 is 1.06 bits per heavy atom. The zero-order valence-corrected chi connectivity index (χ0v) is 10.6. The van der Waals surface area contributed by atoms with Crippen LogP contribution in [-0.4, -0.2) is 26.7 Å². The molecule has 7 nitrogen and oxygen atoms in total. The van der Waals surface area contributed by atoms with Crippen LogP contribution in [-0.2, 0) is 9.59 Å². The molecule has 0 radical (unpaired) electrons. The number of hydrogen-bond donors (Lipinski definition) is 2. The van der Waals surface area contributed by atoms with E-state index in [1.54, 1.807) is 24.3 Å². The Labute approximate surface area is 110 Å². The Morgan fingerprint density at radius 3 is 2.28 bits per heavy atom. The second-order valence-electron chi connectivity index (χ2n) is 3.27. The predicted molar refractivity (Wildman–Crippen MR) is 67.2 cm³/mol. The van der Waals surface area contributed by atoms with Crippen LogP contribution in [0.1, 0.15) is 0 Å². The first-order valence-electron chi connectivity index (χ1n) is 4.88. The molecular weight excluding hydrogens is 302 g/mol. The fraction of sp³-hybridized carbons (Fsp3) is 0. The number of carbonyl (C=O) groups is 2. The molecule has 0 aliphatic carbocycles. The van der Waals surface area contributed by atoms with Crippen molar-refractivity contribution in [2.24, 2.45) is 0 Å². The van der Waals surface area contributed by atoms with Crippen molar-refractivity contribution in [2.45, 2.75) is 0 Å². The number of aromatic nitrogens is 3. The van der Waals surface area contributed by atoms with E-state index >= 15 is 0 Å². The topological polar surface area (TPSA) is 88.9 Å². The van der Waals surface area contributed by atoms with Gasteiger partial charge in [-0.15, -0.1) is 10.2 Å². The maximum Gasteiger partial charge on any atom is 0.328 e. The molecule has 1 aromatic carbocycles. The molecule has 0 bridgehead atoms. The SMILES string of the molecule is O=C(Nc1ccc(Br)cc1)C(=O)Nn1cnnc1. The smallest absolute Gasteiger partial charge is 0.318 e. The molecule has 92 valence electrons. The van der Waals surface area contributed by atoms with Gasteiger partial charge in [0, 0.05) is 10.2 Å². The minimum Gasteiger partial charge on any atom is -0.318 e. The number of carbonyl (C=O) groups excluding carboxylic acids is 2. The molecule has 0 aliphatic heterocycles. The van der Waals surface area contributed by atoms with Crippen molar-refractivity contribution in [2.75, 3.05) is 10.7 Å². The van der Waals surface area contributed by atoms with Gasteiger partial charge in [0.25, 0.3) is 0 Å². The van der Waals surface area contributed by atoms with Crippen LogP contribution in [0.2, 0.25) is 0 Å². The highest BCUT2D eigenvalue weighted by Gasteiger charge is 2.13. The number of amides is 2. The molecule has 0 atom stereocenters. The van der Waals surface area contributed by atoms with Gasteiger partial charge in [-0.05, 0) is 24.3 Å². The zero-order chi connectivity index (χ0) is 13.0. The minimum atomic E-state index is -0.808. The van der Waals surface area contributed by atoms with Crippen LogP contribution >= 0.6 is 15.9 Å². The van der Waals surface area contributed by atoms with Crippen LogP contribution in [0.4, 0.5) is 5.69 Å². The highest BCUT2D eigenvalue weighted by Crippen LogP contribution is 2.13. The minimum absolute atomic E-state index is 0.530. The van der Waals surface area contributed by atoms with Gasteiger partial charge in [-0.1, -0.05) is 15.9 Å². The quantitative estimate of drug-likeness (QED) is 0.801. The molecule has 18 heavy (non-hydrogen) atoms.